The zero-order chi connectivity index (χ0) is 10.9. The van der Waals surface area contributed by atoms with Crippen LogP contribution in [0.3, 0.4) is 0 Å². The molecule has 78 valence electrons. The zero-order valence-electron chi connectivity index (χ0n) is 9.57. The fourth-order valence-electron chi connectivity index (χ4n) is 1.15. The van der Waals surface area contributed by atoms with Crippen LogP contribution in [0.1, 0.15) is 27.7 Å². The van der Waals surface area contributed by atoms with E-state index >= 15 is 0 Å². The van der Waals surface area contributed by atoms with E-state index in [0.29, 0.717) is 5.04 Å². The van der Waals surface area contributed by atoms with Crippen LogP contribution in [0.25, 0.3) is 0 Å². The predicted molar refractivity (Wildman–Crippen MR) is 62.0 cm³/mol. The first kappa shape index (κ1) is 13.2. The molecule has 0 rings (SSSR count). The van der Waals surface area contributed by atoms with E-state index in [1.54, 1.807) is 0 Å². The molecule has 0 radical (unpaired) electrons. The van der Waals surface area contributed by atoms with Gasteiger partial charge in [-0.3, -0.25) is 4.79 Å². The Labute approximate surface area is 87.9 Å². The van der Waals surface area contributed by atoms with E-state index in [0.717, 1.165) is 6.04 Å². The summed E-state index contributed by atoms with van der Waals surface area (Å²) in [6.45, 7) is 13.3. The molecule has 0 saturated heterocycles. The Bertz CT molecular complexity index is 194. The zero-order valence-corrected chi connectivity index (χ0v) is 11.3. The Morgan fingerprint density at radius 1 is 1.38 bits per heavy atom. The Balaban J connectivity index is 4.43. The van der Waals surface area contributed by atoms with E-state index in [1.165, 1.54) is 0 Å². The average molecular weight is 221 g/mol. The lowest BCUT2D eigenvalue weighted by Crippen LogP contribution is -2.39. The third kappa shape index (κ3) is 3.82. The highest BCUT2D eigenvalue weighted by molar-refractivity contribution is 6.80. The van der Waals surface area contributed by atoms with Crippen LogP contribution >= 0.6 is 11.6 Å². The summed E-state index contributed by atoms with van der Waals surface area (Å²) in [7, 11) is -1.34. The summed E-state index contributed by atoms with van der Waals surface area (Å²) in [5, 5.41) is 0.151. The lowest BCUT2D eigenvalue weighted by molar-refractivity contribution is -0.114. The minimum Gasteiger partial charge on any atom is -0.281 e. The van der Waals surface area contributed by atoms with E-state index in [-0.39, 0.29) is 11.2 Å². The third-order valence-electron chi connectivity index (χ3n) is 3.23. The first-order valence-electron chi connectivity index (χ1n) is 4.77. The van der Waals surface area contributed by atoms with Gasteiger partial charge in [-0.2, -0.15) is 0 Å². The fourth-order valence-corrected chi connectivity index (χ4v) is 3.69. The molecule has 0 heterocycles. The van der Waals surface area contributed by atoms with E-state index < -0.39 is 8.07 Å². The van der Waals surface area contributed by atoms with Crippen LogP contribution in [-0.2, 0) is 4.79 Å². The van der Waals surface area contributed by atoms with Gasteiger partial charge in [0.2, 0.25) is 5.24 Å². The molecular weight excluding hydrogens is 200 g/mol. The van der Waals surface area contributed by atoms with Gasteiger partial charge in [0, 0.05) is 5.92 Å². The van der Waals surface area contributed by atoms with Gasteiger partial charge in [-0.05, 0) is 22.7 Å². The van der Waals surface area contributed by atoms with Crippen LogP contribution in [0.2, 0.25) is 24.2 Å². The van der Waals surface area contributed by atoms with Crippen molar-refractivity contribution >= 4 is 24.9 Å². The minimum atomic E-state index is -1.34. The molecule has 0 aliphatic rings. The highest BCUT2D eigenvalue weighted by Gasteiger charge is 2.36. The summed E-state index contributed by atoms with van der Waals surface area (Å²) in [4.78, 5) is 10.9. The van der Waals surface area contributed by atoms with Crippen LogP contribution in [0, 0.1) is 5.92 Å². The van der Waals surface area contributed by atoms with Gasteiger partial charge < -0.3 is 0 Å². The number of carbonyl (C=O) groups is 1. The highest BCUT2D eigenvalue weighted by atomic mass is 35.5. The molecule has 0 amide bonds. The molecule has 0 aromatic rings. The smallest absolute Gasteiger partial charge is 0.224 e. The molecule has 0 fully saturated rings. The van der Waals surface area contributed by atoms with Crippen molar-refractivity contribution in [3.63, 3.8) is 0 Å². The summed E-state index contributed by atoms with van der Waals surface area (Å²) < 4.78 is 0. The van der Waals surface area contributed by atoms with Crippen LogP contribution in [0.15, 0.2) is 0 Å². The lowest BCUT2D eigenvalue weighted by atomic mass is 10.2. The van der Waals surface area contributed by atoms with E-state index in [9.17, 15) is 4.79 Å². The van der Waals surface area contributed by atoms with E-state index in [4.69, 9.17) is 11.6 Å². The van der Waals surface area contributed by atoms with Gasteiger partial charge in [-0.1, -0.05) is 40.8 Å². The van der Waals surface area contributed by atoms with Gasteiger partial charge in [0.25, 0.3) is 0 Å². The maximum Gasteiger partial charge on any atom is 0.224 e. The molecule has 0 bridgehead atoms. The van der Waals surface area contributed by atoms with Crippen molar-refractivity contribution in [2.24, 2.45) is 5.92 Å². The van der Waals surface area contributed by atoms with Crippen molar-refractivity contribution in [1.29, 1.82) is 0 Å². The third-order valence-corrected chi connectivity index (χ3v) is 9.30. The maximum absolute atomic E-state index is 10.9. The number of carbonyl (C=O) groups excluding carboxylic acids is 1. The fraction of sp³-hybridized carbons (Fsp3) is 0.900. The molecule has 0 N–H and O–H groups in total. The SMILES string of the molecule is CC(C[Si](C)(C)C(C)(C)C)C(=O)Cl. The highest BCUT2D eigenvalue weighted by Crippen LogP contribution is 2.40. The Morgan fingerprint density at radius 3 is 2.00 bits per heavy atom. The van der Waals surface area contributed by atoms with Gasteiger partial charge in [-0.15, -0.1) is 0 Å². The van der Waals surface area contributed by atoms with Crippen LogP contribution < -0.4 is 0 Å². The second-order valence-corrected chi connectivity index (χ2v) is 11.6. The molecule has 0 spiro atoms. The van der Waals surface area contributed by atoms with E-state index in [1.807, 2.05) is 6.92 Å². The largest absolute Gasteiger partial charge is 0.281 e. The molecule has 0 aliphatic heterocycles. The van der Waals surface area contributed by atoms with Crippen LogP contribution in [-0.4, -0.2) is 13.3 Å². The molecule has 0 aliphatic carbocycles. The Hall–Kier alpha value is 0.177. The van der Waals surface area contributed by atoms with Crippen LogP contribution in [0.4, 0.5) is 0 Å². The van der Waals surface area contributed by atoms with Crippen molar-refractivity contribution in [2.45, 2.75) is 51.9 Å². The van der Waals surface area contributed by atoms with Gasteiger partial charge >= 0.3 is 0 Å². The van der Waals surface area contributed by atoms with Crippen molar-refractivity contribution in [1.82, 2.24) is 0 Å². The number of hydrogen-bond acceptors (Lipinski definition) is 1. The Morgan fingerprint density at radius 2 is 1.77 bits per heavy atom. The normalized spacial score (nSPS) is 15.6. The number of halogens is 1. The molecule has 3 heteroatoms. The molecule has 1 atom stereocenters. The summed E-state index contributed by atoms with van der Waals surface area (Å²) >= 11 is 5.47. The van der Waals surface area contributed by atoms with Crippen molar-refractivity contribution in [3.8, 4) is 0 Å². The number of hydrogen-bond donors (Lipinski definition) is 0. The average Bonchev–Trinajstić information content (AvgIpc) is 1.83. The molecule has 1 nitrogen and oxygen atoms in total. The second-order valence-electron chi connectivity index (χ2n) is 5.54. The molecule has 0 aromatic carbocycles. The summed E-state index contributed by atoms with van der Waals surface area (Å²) in [5.74, 6) is 0.0163. The van der Waals surface area contributed by atoms with Gasteiger partial charge in [0.1, 0.15) is 0 Å². The Kier molecular flexibility index (Phi) is 4.19. The summed E-state index contributed by atoms with van der Waals surface area (Å²) in [6, 6.07) is 0.985. The maximum atomic E-state index is 10.9. The number of rotatable bonds is 3. The van der Waals surface area contributed by atoms with Crippen molar-refractivity contribution in [2.75, 3.05) is 0 Å². The standard InChI is InChI=1S/C10H21ClOSi/c1-8(9(11)12)7-13(5,6)10(2,3)4/h8H,7H2,1-6H3. The lowest BCUT2D eigenvalue weighted by Gasteiger charge is -2.38. The first-order chi connectivity index (χ1) is 5.58. The van der Waals surface area contributed by atoms with Gasteiger partial charge in [0.05, 0.1) is 8.07 Å². The first-order valence-corrected chi connectivity index (χ1v) is 8.36. The molecule has 1 unspecified atom stereocenters. The minimum absolute atomic E-state index is 0.0163. The topological polar surface area (TPSA) is 17.1 Å². The molecule has 0 aromatic heterocycles. The summed E-state index contributed by atoms with van der Waals surface area (Å²) in [5.41, 5.74) is 0. The summed E-state index contributed by atoms with van der Waals surface area (Å²) in [6.07, 6.45) is 0. The predicted octanol–water partition coefficient (Wildman–Crippen LogP) is 3.90. The van der Waals surface area contributed by atoms with Crippen molar-refractivity contribution < 1.29 is 4.79 Å². The van der Waals surface area contributed by atoms with E-state index in [2.05, 4.69) is 33.9 Å². The van der Waals surface area contributed by atoms with Crippen LogP contribution in [0.5, 0.6) is 0 Å². The quantitative estimate of drug-likeness (QED) is 0.521. The molecular formula is C10H21ClOSi. The molecule has 0 saturated carbocycles. The monoisotopic (exact) mass is 220 g/mol. The van der Waals surface area contributed by atoms with Crippen molar-refractivity contribution in [3.05, 3.63) is 0 Å². The van der Waals surface area contributed by atoms with Gasteiger partial charge in [0.15, 0.2) is 0 Å². The molecule has 13 heavy (non-hydrogen) atoms. The second kappa shape index (κ2) is 4.14. The van der Waals surface area contributed by atoms with Gasteiger partial charge in [-0.25, -0.2) is 0 Å².